The normalized spacial score (nSPS) is 21.0. The third-order valence-electron chi connectivity index (χ3n) is 13.8. The van der Waals surface area contributed by atoms with Crippen LogP contribution in [0.5, 0.6) is 11.5 Å². The van der Waals surface area contributed by atoms with Gasteiger partial charge in [0.05, 0.1) is 20.8 Å². The van der Waals surface area contributed by atoms with E-state index in [-0.39, 0.29) is 60.2 Å². The van der Waals surface area contributed by atoms with E-state index < -0.39 is 98.1 Å². The zero-order valence-electron chi connectivity index (χ0n) is 65.1. The summed E-state index contributed by atoms with van der Waals surface area (Å²) in [5.74, 6) is 0.785. The Hall–Kier alpha value is -6.55. The quantitative estimate of drug-likeness (QED) is 0.118. The summed E-state index contributed by atoms with van der Waals surface area (Å²) in [6, 6.07) is 38.8. The second kappa shape index (κ2) is 18.6. The monoisotopic (exact) mass is 1190 g/mol. The molecule has 5 nitrogen and oxygen atoms in total. The number of nitrogens with zero attached hydrogens (tertiary/aromatic N) is 4. The summed E-state index contributed by atoms with van der Waals surface area (Å²) in [6.45, 7) is -1.21. The van der Waals surface area contributed by atoms with Gasteiger partial charge in [-0.15, -0.1) is 29.7 Å². The van der Waals surface area contributed by atoms with Gasteiger partial charge in [-0.05, 0) is 120 Å². The van der Waals surface area contributed by atoms with E-state index in [0.717, 1.165) is 33.0 Å². The zero-order valence-corrected chi connectivity index (χ0v) is 45.4. The molecule has 11 rings (SSSR count). The third kappa shape index (κ3) is 9.39. The molecule has 384 valence electrons. The Kier molecular flexibility index (Phi) is 7.82. The van der Waals surface area contributed by atoms with Gasteiger partial charge >= 0.3 is 0 Å². The molecule has 0 N–H and O–H groups in total. The first kappa shape index (κ1) is 31.5. The standard InChI is InChI=1S/C69H70N4O.Pt/c1-44-35-63(70-42-55(44)46-36-47(65(2,3)4)39-48(37-46)66(5,6)7)73-59-26-16-15-23-53(59)54-31-30-51(41-62(54)73)74-50-22-19-21-49(40-50)71-43-72(61-28-18-17-27-60(61)71)64-52(24-20-25-57(64)67(8,9)10)45-29-32-56-58(38-45)69(13,14)34-33-68(56,11)12;/h15-32,35-39,42H,33-34H2,1-14H3;/q-2;/i1D3,11D3,12D3,13D3,14D3,29D,32D,33D2,34D2,38D;. The first-order valence-electron chi connectivity index (χ1n) is 35.6. The van der Waals surface area contributed by atoms with Crippen LogP contribution in [-0.2, 0) is 48.1 Å². The smallest absolute Gasteiger partial charge is 0.268 e. The maximum Gasteiger partial charge on any atom is 0.268 e. The molecule has 0 radical (unpaired) electrons. The van der Waals surface area contributed by atoms with E-state index in [1.807, 2.05) is 67.8 Å². The number of aromatic nitrogens is 4. The van der Waals surface area contributed by atoms with Gasteiger partial charge in [0.15, 0.2) is 0 Å². The third-order valence-corrected chi connectivity index (χ3v) is 13.8. The Morgan fingerprint density at radius 2 is 1.33 bits per heavy atom. The molecular weight excluding hydrogens is 1100 g/mol. The number of para-hydroxylation sites is 4. The molecule has 0 saturated heterocycles. The number of hydrogen-bond acceptors (Lipinski definition) is 2. The van der Waals surface area contributed by atoms with Gasteiger partial charge in [0.2, 0.25) is 0 Å². The molecule has 0 aliphatic heterocycles. The van der Waals surface area contributed by atoms with Crippen LogP contribution in [-0.4, -0.2) is 14.1 Å². The molecule has 6 heteroatoms. The molecule has 1 aliphatic carbocycles. The summed E-state index contributed by atoms with van der Waals surface area (Å²) < 4.78 is 211. The van der Waals surface area contributed by atoms with Gasteiger partial charge in [0.25, 0.3) is 6.33 Å². The number of imidazole rings is 1. The van der Waals surface area contributed by atoms with Gasteiger partial charge in [-0.1, -0.05) is 192 Å². The van der Waals surface area contributed by atoms with E-state index in [4.69, 9.17) is 30.3 Å². The first-order chi connectivity index (χ1) is 44.0. The van der Waals surface area contributed by atoms with Crippen LogP contribution in [0.3, 0.4) is 0 Å². The van der Waals surface area contributed by atoms with Crippen molar-refractivity contribution in [2.24, 2.45) is 0 Å². The van der Waals surface area contributed by atoms with Crippen LogP contribution >= 0.6 is 0 Å². The Bertz CT molecular complexity index is 4740. The van der Waals surface area contributed by atoms with Crippen LogP contribution < -0.4 is 9.30 Å². The Morgan fingerprint density at radius 3 is 2.04 bits per heavy atom. The number of pyridine rings is 1. The summed E-state index contributed by atoms with van der Waals surface area (Å²) >= 11 is 0. The molecule has 7 aromatic carbocycles. The van der Waals surface area contributed by atoms with E-state index in [0.29, 0.717) is 39.2 Å². The number of aryl methyl sites for hydroxylation is 1. The van der Waals surface area contributed by atoms with Gasteiger partial charge in [-0.3, -0.25) is 4.57 Å². The molecule has 10 aromatic rings. The SMILES string of the molecule is [2H]c1c([2H])c2c(c([2H])c1-c1cccc(C(C)(C)C)c1-[n+]1[c-]n(-c3[c-]c(Oc4[c-]c5c(cc4)c4ccccc4n5-c4cc(C([2H])([2H])[2H])c(-c5cc(C(C)(C)C)cc(C(C)(C)C)c5)cn4)ccc3)c3ccccc31)C(C([2H])([2H])[2H])(C([2H])([2H])[2H])C([2H])([2H])C([2H])([2H])C2(C([2H])([2H])[2H])C([2H])([2H])[2H].[Pt]. The maximum atomic E-state index is 10.1. The van der Waals surface area contributed by atoms with Crippen LogP contribution in [0.1, 0.15) is 166 Å². The number of ether oxygens (including phenoxy) is 1. The van der Waals surface area contributed by atoms with Gasteiger partial charge < -0.3 is 13.9 Å². The van der Waals surface area contributed by atoms with Crippen molar-refractivity contribution in [3.05, 3.63) is 197 Å². The largest absolute Gasteiger partial charge is 0.510 e. The first-order valence-corrected chi connectivity index (χ1v) is 24.6. The second-order valence-electron chi connectivity index (χ2n) is 22.3. The number of fused-ring (bicyclic) bond motifs is 5. The molecule has 3 heterocycles. The van der Waals surface area contributed by atoms with E-state index >= 15 is 0 Å². The molecule has 0 amide bonds. The fourth-order valence-electron chi connectivity index (χ4n) is 9.77. The van der Waals surface area contributed by atoms with Crippen molar-refractivity contribution >= 4 is 32.8 Å². The number of rotatable bonds is 7. The Labute approximate surface area is 490 Å². The van der Waals surface area contributed by atoms with Crippen molar-refractivity contribution in [3.63, 3.8) is 0 Å². The summed E-state index contributed by atoms with van der Waals surface area (Å²) in [5, 5.41) is 1.62. The molecule has 0 saturated carbocycles. The van der Waals surface area contributed by atoms with Crippen molar-refractivity contribution < 1.29 is 60.5 Å². The molecule has 0 unspecified atom stereocenters. The molecule has 3 aromatic heterocycles. The van der Waals surface area contributed by atoms with Crippen LogP contribution in [0.2, 0.25) is 0 Å². The molecular formula is C69H70N4OPt-2. The molecule has 1 aliphatic rings. The van der Waals surface area contributed by atoms with Crippen LogP contribution in [0.25, 0.3) is 72.3 Å². The fourth-order valence-corrected chi connectivity index (χ4v) is 9.77. The Balaban J connectivity index is 0.0000102. The van der Waals surface area contributed by atoms with Crippen molar-refractivity contribution in [2.45, 2.75) is 136 Å². The minimum atomic E-state index is -4.50. The van der Waals surface area contributed by atoms with Crippen molar-refractivity contribution in [1.82, 2.24) is 14.1 Å². The van der Waals surface area contributed by atoms with Crippen LogP contribution in [0, 0.1) is 25.3 Å². The minimum Gasteiger partial charge on any atom is -0.510 e. The van der Waals surface area contributed by atoms with E-state index in [2.05, 4.69) is 66.1 Å². The second-order valence-corrected chi connectivity index (χ2v) is 22.3. The minimum absolute atomic E-state index is 0. The molecule has 0 bridgehead atoms. The van der Waals surface area contributed by atoms with Crippen molar-refractivity contribution in [3.8, 4) is 50.9 Å². The maximum absolute atomic E-state index is 10.1. The van der Waals surface area contributed by atoms with Gasteiger partial charge in [-0.25, -0.2) is 4.98 Å². The van der Waals surface area contributed by atoms with Crippen molar-refractivity contribution in [2.75, 3.05) is 0 Å². The summed E-state index contributed by atoms with van der Waals surface area (Å²) in [5.41, 5.74) is -7.40. The van der Waals surface area contributed by atoms with Gasteiger partial charge in [-0.2, -0.15) is 18.2 Å². The number of hydrogen-bond donors (Lipinski definition) is 0. The summed E-state index contributed by atoms with van der Waals surface area (Å²) in [4.78, 5) is 4.99. The molecule has 0 fully saturated rings. The van der Waals surface area contributed by atoms with E-state index in [1.54, 1.807) is 76.0 Å². The topological polar surface area (TPSA) is 35.9 Å². The van der Waals surface area contributed by atoms with Crippen LogP contribution in [0.4, 0.5) is 0 Å². The van der Waals surface area contributed by atoms with Gasteiger partial charge in [0, 0.05) is 75.9 Å². The summed E-state index contributed by atoms with van der Waals surface area (Å²) in [6.07, 6.45) is -3.98. The van der Waals surface area contributed by atoms with Crippen LogP contribution in [0.15, 0.2) is 146 Å². The van der Waals surface area contributed by atoms with Crippen molar-refractivity contribution in [1.29, 1.82) is 0 Å². The van der Waals surface area contributed by atoms with Gasteiger partial charge in [0.1, 0.15) is 5.82 Å². The predicted octanol–water partition coefficient (Wildman–Crippen LogP) is 17.5. The molecule has 75 heavy (non-hydrogen) atoms. The molecule has 0 spiro atoms. The summed E-state index contributed by atoms with van der Waals surface area (Å²) in [7, 11) is 0. The predicted molar refractivity (Wildman–Crippen MR) is 307 cm³/mol. The van der Waals surface area contributed by atoms with E-state index in [1.165, 1.54) is 12.1 Å². The Morgan fingerprint density at radius 1 is 0.653 bits per heavy atom. The fraction of sp³-hybridized carbons (Fsp3) is 0.304. The number of benzene rings is 7. The average molecular weight is 1190 g/mol. The van der Waals surface area contributed by atoms with E-state index in [9.17, 15) is 9.60 Å². The zero-order chi connectivity index (χ0) is 71.0. The molecule has 0 atom stereocenters. The average Bonchev–Trinajstić information content (AvgIpc) is 1.01.